The molecule has 0 aliphatic heterocycles. The minimum absolute atomic E-state index is 0. The van der Waals surface area contributed by atoms with E-state index in [0.717, 1.165) is 11.0 Å². The van der Waals surface area contributed by atoms with Crippen molar-refractivity contribution in [3.63, 3.8) is 0 Å². The molecule has 1 amide bonds. The molecule has 0 saturated carbocycles. The van der Waals surface area contributed by atoms with Crippen molar-refractivity contribution in [2.24, 2.45) is 12.2 Å². The van der Waals surface area contributed by atoms with Crippen LogP contribution in [-0.2, 0) is 7.05 Å². The molecule has 1 heterocycles. The van der Waals surface area contributed by atoms with Crippen LogP contribution < -0.4 is 57.8 Å². The Kier molecular flexibility index (Phi) is 11.1. The summed E-state index contributed by atoms with van der Waals surface area (Å²) in [5.41, 5.74) is 1.20. The lowest BCUT2D eigenvalue weighted by Gasteiger charge is -2.23. The molecule has 1 rings (SSSR count). The van der Waals surface area contributed by atoms with E-state index in [-0.39, 0.29) is 53.9 Å². The van der Waals surface area contributed by atoms with E-state index in [9.17, 15) is 4.79 Å². The van der Waals surface area contributed by atoms with Gasteiger partial charge in [0.1, 0.15) is 7.05 Å². The molecule has 0 radical (unpaired) electrons. The topological polar surface area (TPSA) is 65.6 Å². The predicted octanol–water partition coefficient (Wildman–Crippen LogP) is -6.24. The number of halogens is 2. The van der Waals surface area contributed by atoms with Crippen molar-refractivity contribution in [2.75, 3.05) is 34.2 Å². The van der Waals surface area contributed by atoms with Crippen molar-refractivity contribution in [1.29, 1.82) is 0 Å². The van der Waals surface area contributed by atoms with Crippen molar-refractivity contribution in [3.8, 4) is 0 Å². The quantitative estimate of drug-likeness (QED) is 0.102. The summed E-state index contributed by atoms with van der Waals surface area (Å²) in [6.07, 6.45) is 3.05. The fourth-order valence-corrected chi connectivity index (χ4v) is 1.55. The summed E-state index contributed by atoms with van der Waals surface area (Å²) < 4.78 is 2.53. The first-order valence-corrected chi connectivity index (χ1v) is 6.09. The molecule has 0 aliphatic carbocycles. The number of nitrogens with one attached hydrogen (secondary N) is 1. The molecule has 6 nitrogen and oxygen atoms in total. The number of hydrogen-bond donors (Lipinski definition) is 2. The highest BCUT2D eigenvalue weighted by Gasteiger charge is 2.17. The first-order chi connectivity index (χ1) is 8.83. The number of likely N-dealkylation sites (N-methyl/N-ethyl adjacent to an activating group) is 1. The fraction of sp³-hybridized carbons (Fsp3) is 0.462. The summed E-state index contributed by atoms with van der Waals surface area (Å²) in [4.78, 5) is 12.1. The van der Waals surface area contributed by atoms with Crippen molar-refractivity contribution in [3.05, 3.63) is 29.6 Å². The number of hydrogen-bond acceptors (Lipinski definition) is 3. The first-order valence-electron chi connectivity index (χ1n) is 6.09. The number of carbonyl (C=O) groups excluding carboxylic acids is 1. The summed E-state index contributed by atoms with van der Waals surface area (Å²) in [5, 5.41) is 14.4. The minimum Gasteiger partial charge on any atom is -1.00 e. The summed E-state index contributed by atoms with van der Waals surface area (Å²) >= 11 is 0. The number of quaternary nitrogens is 1. The lowest BCUT2D eigenvalue weighted by Crippen LogP contribution is -3.00. The van der Waals surface area contributed by atoms with Gasteiger partial charge in [0.2, 0.25) is 0 Å². The van der Waals surface area contributed by atoms with E-state index in [1.54, 1.807) is 29.9 Å². The van der Waals surface area contributed by atoms with E-state index >= 15 is 0 Å². The number of carbonyl (C=O) groups is 1. The minimum atomic E-state index is -0.135. The zero-order valence-corrected chi connectivity index (χ0v) is 17.0. The Morgan fingerprint density at radius 3 is 2.57 bits per heavy atom. The highest BCUT2D eigenvalue weighted by molar-refractivity contribution is 5.92. The first kappa shape index (κ1) is 22.8. The Balaban J connectivity index is 0. The van der Waals surface area contributed by atoms with E-state index in [4.69, 9.17) is 5.21 Å². The average Bonchev–Trinajstić information content (AvgIpc) is 2.30. The molecule has 2 N–H and O–H groups in total. The monoisotopic (exact) mass is 520 g/mol. The van der Waals surface area contributed by atoms with Gasteiger partial charge in [-0.3, -0.25) is 4.79 Å². The molecule has 1 aromatic heterocycles. The number of aryl methyl sites for hydroxylation is 1. The summed E-state index contributed by atoms with van der Waals surface area (Å²) in [7, 11) is 8.02. The average molecular weight is 520 g/mol. The molecule has 0 aliphatic rings. The van der Waals surface area contributed by atoms with Crippen LogP contribution in [0.15, 0.2) is 23.5 Å². The number of oxime groups is 1. The highest BCUT2D eigenvalue weighted by atomic mass is 127. The van der Waals surface area contributed by atoms with Crippen molar-refractivity contribution in [2.45, 2.75) is 0 Å². The lowest BCUT2D eigenvalue weighted by atomic mass is 10.2. The molecular weight excluding hydrogens is 498 g/mol. The molecule has 0 aromatic carbocycles. The highest BCUT2D eigenvalue weighted by Crippen LogP contribution is 1.98. The molecule has 0 spiro atoms. The predicted molar refractivity (Wildman–Crippen MR) is 72.2 cm³/mol. The summed E-state index contributed by atoms with van der Waals surface area (Å²) in [5.74, 6) is -0.135. The number of rotatable bonds is 5. The van der Waals surface area contributed by atoms with Gasteiger partial charge in [0, 0.05) is 17.7 Å². The van der Waals surface area contributed by atoms with Gasteiger partial charge in [0.05, 0.1) is 40.4 Å². The molecule has 0 unspecified atom stereocenters. The summed E-state index contributed by atoms with van der Waals surface area (Å²) in [6.45, 7) is 1.47. The Hall–Kier alpha value is -0.490. The number of nitrogens with zero attached hydrogens (tertiary/aromatic N) is 3. The van der Waals surface area contributed by atoms with Crippen LogP contribution >= 0.6 is 0 Å². The number of pyridine rings is 1. The standard InChI is InChI=1S/C13H20N4O2.2HI/c1-16-7-5-11(10-15-19)9-12(16)13(18)14-6-8-17(2,3)4;;/h5,7,9-10H,6,8H2,1-4H3;2*1H. The maximum absolute atomic E-state index is 12.1. The van der Waals surface area contributed by atoms with E-state index in [0.29, 0.717) is 17.8 Å². The molecule has 0 saturated heterocycles. The second-order valence-corrected chi connectivity index (χ2v) is 5.47. The molecule has 8 heteroatoms. The van der Waals surface area contributed by atoms with Gasteiger partial charge in [-0.2, -0.15) is 4.57 Å². The molecule has 120 valence electrons. The third kappa shape index (κ3) is 8.51. The zero-order chi connectivity index (χ0) is 14.5. The van der Waals surface area contributed by atoms with Gasteiger partial charge in [0.15, 0.2) is 6.20 Å². The zero-order valence-electron chi connectivity index (χ0n) is 12.7. The van der Waals surface area contributed by atoms with Gasteiger partial charge in [0.25, 0.3) is 5.69 Å². The van der Waals surface area contributed by atoms with E-state index < -0.39 is 0 Å². The maximum Gasteiger partial charge on any atom is 0.316 e. The van der Waals surface area contributed by atoms with Gasteiger partial charge >= 0.3 is 5.91 Å². The van der Waals surface area contributed by atoms with Gasteiger partial charge in [-0.25, -0.2) is 0 Å². The Bertz CT molecular complexity index is 488. The van der Waals surface area contributed by atoms with Crippen LogP contribution in [0.3, 0.4) is 0 Å². The number of amides is 1. The number of aromatic nitrogens is 1. The van der Waals surface area contributed by atoms with Crippen LogP contribution in [0.4, 0.5) is 0 Å². The maximum atomic E-state index is 12.1. The molecule has 21 heavy (non-hydrogen) atoms. The Morgan fingerprint density at radius 2 is 2.05 bits per heavy atom. The van der Waals surface area contributed by atoms with Crippen molar-refractivity contribution in [1.82, 2.24) is 5.32 Å². The van der Waals surface area contributed by atoms with E-state index in [1.807, 2.05) is 0 Å². The second-order valence-electron chi connectivity index (χ2n) is 5.47. The molecule has 0 bridgehead atoms. The molecule has 0 fully saturated rings. The van der Waals surface area contributed by atoms with Crippen LogP contribution in [0.25, 0.3) is 0 Å². The van der Waals surface area contributed by atoms with Crippen molar-refractivity contribution < 1.29 is 67.0 Å². The molecular formula is C13H22I2N4O2. The van der Waals surface area contributed by atoms with E-state index in [2.05, 4.69) is 31.6 Å². The van der Waals surface area contributed by atoms with Crippen molar-refractivity contribution >= 4 is 12.1 Å². The van der Waals surface area contributed by atoms with Gasteiger partial charge < -0.3 is 63.0 Å². The van der Waals surface area contributed by atoms with Gasteiger partial charge in [-0.15, -0.1) is 0 Å². The van der Waals surface area contributed by atoms with E-state index in [1.165, 1.54) is 6.21 Å². The van der Waals surface area contributed by atoms with Crippen LogP contribution in [-0.4, -0.2) is 56.0 Å². The lowest BCUT2D eigenvalue weighted by molar-refractivity contribution is -0.869. The van der Waals surface area contributed by atoms with Crippen LogP contribution in [0.5, 0.6) is 0 Å². The third-order valence-electron chi connectivity index (χ3n) is 2.68. The Labute approximate surface area is 159 Å². The summed E-state index contributed by atoms with van der Waals surface area (Å²) in [6, 6.07) is 3.45. The third-order valence-corrected chi connectivity index (χ3v) is 2.68. The van der Waals surface area contributed by atoms with Crippen LogP contribution in [0.1, 0.15) is 16.1 Å². The smallest absolute Gasteiger partial charge is 0.316 e. The molecule has 1 aromatic rings. The van der Waals surface area contributed by atoms with Crippen LogP contribution in [0.2, 0.25) is 0 Å². The fourth-order valence-electron chi connectivity index (χ4n) is 1.55. The largest absolute Gasteiger partial charge is 1.00 e. The Morgan fingerprint density at radius 1 is 1.43 bits per heavy atom. The van der Waals surface area contributed by atoms with Gasteiger partial charge in [-0.1, -0.05) is 5.16 Å². The van der Waals surface area contributed by atoms with Gasteiger partial charge in [-0.05, 0) is 0 Å². The normalized spacial score (nSPS) is 10.7. The SMILES string of the molecule is C[n+]1ccc(/C=N/O)cc1C(=O)NCC[N+](C)(C)C.[I-].[I-]. The van der Waals surface area contributed by atoms with Crippen LogP contribution in [0, 0.1) is 0 Å². The second kappa shape index (κ2) is 10.3. The molecule has 0 atom stereocenters.